The molecule has 1 N–H and O–H groups in total. The monoisotopic (exact) mass is 446 g/mol. The predicted octanol–water partition coefficient (Wildman–Crippen LogP) is 4.42. The lowest BCUT2D eigenvalue weighted by molar-refractivity contribution is -0.131. The van der Waals surface area contributed by atoms with Crippen LogP contribution in [0.1, 0.15) is 59.4 Å². The number of nitrogens with one attached hydrogen (secondary N) is 1. The van der Waals surface area contributed by atoms with Crippen LogP contribution in [0.25, 0.3) is 11.0 Å². The van der Waals surface area contributed by atoms with Gasteiger partial charge in [0.25, 0.3) is 5.91 Å². The molecule has 1 aromatic heterocycles. The molecule has 2 aromatic carbocycles. The molecule has 0 atom stereocenters. The van der Waals surface area contributed by atoms with Crippen molar-refractivity contribution in [2.24, 2.45) is 0 Å². The number of hydrogen-bond acceptors (Lipinski definition) is 3. The Morgan fingerprint density at radius 2 is 1.76 bits per heavy atom. The second-order valence-corrected chi connectivity index (χ2v) is 9.04. The molecule has 3 aromatic rings. The quantitative estimate of drug-likeness (QED) is 0.584. The first kappa shape index (κ1) is 23.0. The van der Waals surface area contributed by atoms with E-state index >= 15 is 0 Å². The second-order valence-electron chi connectivity index (χ2n) is 9.04. The molecule has 174 valence electrons. The Hall–Kier alpha value is -3.15. The van der Waals surface area contributed by atoms with E-state index < -0.39 is 0 Å². The summed E-state index contributed by atoms with van der Waals surface area (Å²) in [7, 11) is 0. The van der Waals surface area contributed by atoms with E-state index in [1.165, 1.54) is 12.8 Å². The number of imidazole rings is 1. The fourth-order valence-electron chi connectivity index (χ4n) is 4.70. The summed E-state index contributed by atoms with van der Waals surface area (Å²) in [5.74, 6) is 1.07. The van der Waals surface area contributed by atoms with Gasteiger partial charge in [0.2, 0.25) is 5.91 Å². The summed E-state index contributed by atoms with van der Waals surface area (Å²) in [5, 5.41) is 3.04. The number of carbonyl (C=O) groups is 2. The normalized spacial score (nSPS) is 14.3. The first-order chi connectivity index (χ1) is 16.0. The molecular formula is C27H34N4O2. The summed E-state index contributed by atoms with van der Waals surface area (Å²) >= 11 is 0. The van der Waals surface area contributed by atoms with Gasteiger partial charge in [-0.1, -0.05) is 42.7 Å². The Labute approximate surface area is 196 Å². The summed E-state index contributed by atoms with van der Waals surface area (Å²) in [6.07, 6.45) is 5.73. The van der Waals surface area contributed by atoms with Gasteiger partial charge in [-0.2, -0.15) is 0 Å². The number of hydrogen-bond donors (Lipinski definition) is 1. The zero-order valence-electron chi connectivity index (χ0n) is 19.8. The van der Waals surface area contributed by atoms with Gasteiger partial charge in [0.05, 0.1) is 11.0 Å². The van der Waals surface area contributed by atoms with Crippen molar-refractivity contribution >= 4 is 22.8 Å². The Bertz CT molecular complexity index is 1130. The lowest BCUT2D eigenvalue weighted by atomic mass is 10.1. The van der Waals surface area contributed by atoms with Crippen molar-refractivity contribution in [1.82, 2.24) is 19.8 Å². The first-order valence-electron chi connectivity index (χ1n) is 12.1. The van der Waals surface area contributed by atoms with E-state index in [0.717, 1.165) is 53.9 Å². The number of rotatable bonds is 7. The second kappa shape index (κ2) is 10.6. The van der Waals surface area contributed by atoms with Crippen LogP contribution < -0.4 is 5.32 Å². The first-order valence-corrected chi connectivity index (χ1v) is 12.1. The molecule has 0 saturated carbocycles. The number of amides is 2. The van der Waals surface area contributed by atoms with Crippen LogP contribution in [0.2, 0.25) is 0 Å². The topological polar surface area (TPSA) is 67.2 Å². The van der Waals surface area contributed by atoms with Crippen LogP contribution in [0.15, 0.2) is 42.5 Å². The van der Waals surface area contributed by atoms with Gasteiger partial charge < -0.3 is 14.8 Å². The molecule has 4 rings (SSSR count). The molecule has 1 saturated heterocycles. The molecule has 1 aliphatic heterocycles. The maximum atomic E-state index is 12.8. The van der Waals surface area contributed by atoms with Crippen molar-refractivity contribution in [2.45, 2.75) is 58.9 Å². The van der Waals surface area contributed by atoms with Gasteiger partial charge >= 0.3 is 0 Å². The maximum Gasteiger partial charge on any atom is 0.251 e. The van der Waals surface area contributed by atoms with Gasteiger partial charge in [0, 0.05) is 44.6 Å². The van der Waals surface area contributed by atoms with Gasteiger partial charge in [0.15, 0.2) is 0 Å². The van der Waals surface area contributed by atoms with Crippen LogP contribution >= 0.6 is 0 Å². The third-order valence-corrected chi connectivity index (χ3v) is 6.50. The van der Waals surface area contributed by atoms with Crippen molar-refractivity contribution in [3.63, 3.8) is 0 Å². The van der Waals surface area contributed by atoms with Gasteiger partial charge in [-0.25, -0.2) is 4.98 Å². The number of carbonyl (C=O) groups excluding carboxylic acids is 2. The molecule has 2 heterocycles. The molecule has 0 aliphatic carbocycles. The third-order valence-electron chi connectivity index (χ3n) is 6.50. The molecule has 0 spiro atoms. The molecule has 1 fully saturated rings. The average Bonchev–Trinajstić information content (AvgIpc) is 2.95. The zero-order valence-corrected chi connectivity index (χ0v) is 19.8. The smallest absolute Gasteiger partial charge is 0.251 e. The largest absolute Gasteiger partial charge is 0.352 e. The summed E-state index contributed by atoms with van der Waals surface area (Å²) in [6.45, 7) is 6.84. The molecular weight excluding hydrogens is 412 g/mol. The highest BCUT2D eigenvalue weighted by Crippen LogP contribution is 2.18. The third kappa shape index (κ3) is 5.62. The van der Waals surface area contributed by atoms with E-state index in [9.17, 15) is 9.59 Å². The molecule has 6 heteroatoms. The minimum atomic E-state index is -0.0634. The van der Waals surface area contributed by atoms with Gasteiger partial charge in [-0.15, -0.1) is 0 Å². The summed E-state index contributed by atoms with van der Waals surface area (Å²) in [6, 6.07) is 13.9. The standard InChI is InChI=1S/C27H34N4O2/c1-20-11-12-22(21(2)19-20)27(33)28-15-13-25-29-23-9-5-6-10-24(23)31(25)18-14-26(32)30-16-7-3-4-8-17-30/h5-6,9-12,19H,3-4,7-8,13-18H2,1-2H3,(H,28,33). The lowest BCUT2D eigenvalue weighted by Crippen LogP contribution is -2.32. The number of nitrogens with zero attached hydrogens (tertiary/aromatic N) is 3. The minimum absolute atomic E-state index is 0.0634. The fraction of sp³-hybridized carbons (Fsp3) is 0.444. The van der Waals surface area contributed by atoms with Crippen LogP contribution in [0.3, 0.4) is 0 Å². The van der Waals surface area contributed by atoms with E-state index in [4.69, 9.17) is 4.98 Å². The van der Waals surface area contributed by atoms with E-state index in [0.29, 0.717) is 31.5 Å². The molecule has 33 heavy (non-hydrogen) atoms. The van der Waals surface area contributed by atoms with Crippen LogP contribution in [0.4, 0.5) is 0 Å². The van der Waals surface area contributed by atoms with E-state index in [-0.39, 0.29) is 11.8 Å². The van der Waals surface area contributed by atoms with E-state index in [2.05, 4.69) is 16.0 Å². The molecule has 6 nitrogen and oxygen atoms in total. The van der Waals surface area contributed by atoms with Crippen molar-refractivity contribution in [3.05, 3.63) is 65.0 Å². The Morgan fingerprint density at radius 1 is 1.00 bits per heavy atom. The van der Waals surface area contributed by atoms with Crippen LogP contribution in [-0.4, -0.2) is 45.9 Å². The van der Waals surface area contributed by atoms with Crippen LogP contribution in [-0.2, 0) is 17.8 Å². The van der Waals surface area contributed by atoms with Crippen molar-refractivity contribution in [3.8, 4) is 0 Å². The molecule has 0 radical (unpaired) electrons. The molecule has 2 amide bonds. The average molecular weight is 447 g/mol. The minimum Gasteiger partial charge on any atom is -0.352 e. The summed E-state index contributed by atoms with van der Waals surface area (Å²) < 4.78 is 2.15. The van der Waals surface area contributed by atoms with Crippen molar-refractivity contribution in [1.29, 1.82) is 0 Å². The van der Waals surface area contributed by atoms with Gasteiger partial charge in [0.1, 0.15) is 5.82 Å². The number of aromatic nitrogens is 2. The maximum absolute atomic E-state index is 12.8. The highest BCUT2D eigenvalue weighted by Gasteiger charge is 2.17. The molecule has 0 bridgehead atoms. The number of benzene rings is 2. The number of likely N-dealkylation sites (tertiary alicyclic amines) is 1. The Morgan fingerprint density at radius 3 is 2.52 bits per heavy atom. The van der Waals surface area contributed by atoms with Gasteiger partial charge in [-0.05, 0) is 50.5 Å². The van der Waals surface area contributed by atoms with E-state index in [1.807, 2.05) is 55.1 Å². The van der Waals surface area contributed by atoms with E-state index in [1.54, 1.807) is 0 Å². The highest BCUT2D eigenvalue weighted by molar-refractivity contribution is 5.95. The van der Waals surface area contributed by atoms with Crippen molar-refractivity contribution in [2.75, 3.05) is 19.6 Å². The Balaban J connectivity index is 1.42. The zero-order chi connectivity index (χ0) is 23.2. The number of aryl methyl sites for hydroxylation is 3. The molecule has 0 unspecified atom stereocenters. The fourth-order valence-corrected chi connectivity index (χ4v) is 4.70. The highest BCUT2D eigenvalue weighted by atomic mass is 16.2. The molecule has 1 aliphatic rings. The Kier molecular flexibility index (Phi) is 7.43. The van der Waals surface area contributed by atoms with Gasteiger partial charge in [-0.3, -0.25) is 9.59 Å². The van der Waals surface area contributed by atoms with Crippen LogP contribution in [0.5, 0.6) is 0 Å². The summed E-state index contributed by atoms with van der Waals surface area (Å²) in [5.41, 5.74) is 4.80. The lowest BCUT2D eigenvalue weighted by Gasteiger charge is -2.20. The van der Waals surface area contributed by atoms with Crippen molar-refractivity contribution < 1.29 is 9.59 Å². The summed E-state index contributed by atoms with van der Waals surface area (Å²) in [4.78, 5) is 32.3. The SMILES string of the molecule is Cc1ccc(C(=O)NCCc2nc3ccccc3n2CCC(=O)N2CCCCCC2)c(C)c1. The number of para-hydroxylation sites is 2. The number of fused-ring (bicyclic) bond motifs is 1. The van der Waals surface area contributed by atoms with Crippen LogP contribution in [0, 0.1) is 13.8 Å². The predicted molar refractivity (Wildman–Crippen MR) is 131 cm³/mol.